The first-order chi connectivity index (χ1) is 12.7. The molecule has 2 N–H and O–H groups in total. The number of aromatic hydroxyl groups is 1. The van der Waals surface area contributed by atoms with E-state index in [1.54, 1.807) is 23.5 Å². The third kappa shape index (κ3) is 3.85. The van der Waals surface area contributed by atoms with E-state index in [-0.39, 0.29) is 5.75 Å². The van der Waals surface area contributed by atoms with Gasteiger partial charge in [0.15, 0.2) is 5.13 Å². The van der Waals surface area contributed by atoms with E-state index < -0.39 is 0 Å². The number of thiazole rings is 1. The molecule has 26 heavy (non-hydrogen) atoms. The Balaban J connectivity index is 1.51. The summed E-state index contributed by atoms with van der Waals surface area (Å²) in [5, 5.41) is 15.5. The molecule has 1 aliphatic rings. The Morgan fingerprint density at radius 2 is 1.88 bits per heavy atom. The predicted molar refractivity (Wildman–Crippen MR) is 110 cm³/mol. The predicted octanol–water partition coefficient (Wildman–Crippen LogP) is 4.86. The molecule has 1 saturated heterocycles. The summed E-state index contributed by atoms with van der Waals surface area (Å²) in [4.78, 5) is 7.00. The molecular weight excluding hydrogens is 414 g/mol. The van der Waals surface area contributed by atoms with Crippen molar-refractivity contribution < 1.29 is 9.84 Å². The van der Waals surface area contributed by atoms with Crippen molar-refractivity contribution in [1.29, 1.82) is 0 Å². The van der Waals surface area contributed by atoms with E-state index >= 15 is 0 Å². The molecule has 0 bridgehead atoms. The van der Waals surface area contributed by atoms with Crippen molar-refractivity contribution >= 4 is 43.8 Å². The molecule has 134 valence electrons. The first-order valence-corrected chi connectivity index (χ1v) is 10.0. The Bertz CT molecular complexity index is 892. The average molecular weight is 432 g/mol. The molecule has 0 aliphatic carbocycles. The summed E-state index contributed by atoms with van der Waals surface area (Å²) in [6.45, 7) is 3.36. The average Bonchev–Trinajstić information content (AvgIpc) is 3.13. The van der Waals surface area contributed by atoms with Gasteiger partial charge in [-0.05, 0) is 52.3 Å². The highest BCUT2D eigenvalue weighted by Gasteiger charge is 2.15. The lowest BCUT2D eigenvalue weighted by molar-refractivity contribution is 0.122. The van der Waals surface area contributed by atoms with Crippen molar-refractivity contribution in [3.8, 4) is 17.0 Å². The van der Waals surface area contributed by atoms with E-state index in [1.807, 2.05) is 17.5 Å². The fraction of sp³-hybridized carbons (Fsp3) is 0.211. The largest absolute Gasteiger partial charge is 0.508 e. The second kappa shape index (κ2) is 7.65. The van der Waals surface area contributed by atoms with E-state index in [0.717, 1.165) is 52.9 Å². The van der Waals surface area contributed by atoms with Gasteiger partial charge in [0.2, 0.25) is 0 Å². The van der Waals surface area contributed by atoms with Gasteiger partial charge < -0.3 is 20.1 Å². The number of hydrogen-bond acceptors (Lipinski definition) is 6. The minimum atomic E-state index is 0.251. The summed E-state index contributed by atoms with van der Waals surface area (Å²) in [6.07, 6.45) is 0. The number of phenolic OH excluding ortho intramolecular Hbond substituents is 1. The highest BCUT2D eigenvalue weighted by atomic mass is 79.9. The maximum Gasteiger partial charge on any atom is 0.187 e. The smallest absolute Gasteiger partial charge is 0.187 e. The van der Waals surface area contributed by atoms with E-state index in [4.69, 9.17) is 4.74 Å². The molecule has 5 nitrogen and oxygen atoms in total. The number of morpholine rings is 1. The monoisotopic (exact) mass is 431 g/mol. The number of ether oxygens (including phenoxy) is 1. The van der Waals surface area contributed by atoms with Gasteiger partial charge in [0.05, 0.1) is 24.6 Å². The minimum Gasteiger partial charge on any atom is -0.508 e. The van der Waals surface area contributed by atoms with Crippen LogP contribution in [-0.2, 0) is 4.74 Å². The van der Waals surface area contributed by atoms with Gasteiger partial charge in [0.1, 0.15) is 5.75 Å². The summed E-state index contributed by atoms with van der Waals surface area (Å²) in [5.41, 5.74) is 4.09. The van der Waals surface area contributed by atoms with Crippen LogP contribution in [0.1, 0.15) is 0 Å². The molecule has 0 unspecified atom stereocenters. The summed E-state index contributed by atoms with van der Waals surface area (Å²) in [6, 6.07) is 13.3. The molecule has 0 spiro atoms. The number of anilines is 3. The SMILES string of the molecule is Oc1ccc(Nc2nc(-c3ccc(N4CCOCC4)c(Br)c3)cs2)cc1. The van der Waals surface area contributed by atoms with Crippen LogP contribution in [0.5, 0.6) is 5.75 Å². The molecule has 0 saturated carbocycles. The molecule has 4 rings (SSSR count). The Morgan fingerprint density at radius 3 is 2.62 bits per heavy atom. The number of halogens is 1. The molecule has 0 radical (unpaired) electrons. The first kappa shape index (κ1) is 17.3. The van der Waals surface area contributed by atoms with Crippen molar-refractivity contribution in [3.05, 3.63) is 52.3 Å². The Kier molecular flexibility index (Phi) is 5.10. The van der Waals surface area contributed by atoms with Gasteiger partial charge in [-0.25, -0.2) is 4.98 Å². The molecule has 1 aliphatic heterocycles. The molecule has 0 amide bonds. The Hall–Kier alpha value is -2.09. The summed E-state index contributed by atoms with van der Waals surface area (Å²) < 4.78 is 6.49. The molecule has 2 heterocycles. The van der Waals surface area contributed by atoms with Crippen LogP contribution in [0.25, 0.3) is 11.3 Å². The number of rotatable bonds is 4. The van der Waals surface area contributed by atoms with E-state index in [2.05, 4.69) is 49.3 Å². The van der Waals surface area contributed by atoms with Crippen molar-refractivity contribution in [2.75, 3.05) is 36.5 Å². The van der Waals surface area contributed by atoms with Crippen molar-refractivity contribution in [2.24, 2.45) is 0 Å². The normalized spacial score (nSPS) is 14.4. The lowest BCUT2D eigenvalue weighted by Gasteiger charge is -2.29. The number of benzene rings is 2. The Labute approximate surface area is 164 Å². The number of hydrogen-bond donors (Lipinski definition) is 2. The zero-order valence-corrected chi connectivity index (χ0v) is 16.4. The molecule has 1 aromatic heterocycles. The number of nitrogens with one attached hydrogen (secondary N) is 1. The molecule has 0 atom stereocenters. The standard InChI is InChI=1S/C19H18BrN3O2S/c20-16-11-13(1-6-18(16)23-7-9-25-10-8-23)17-12-26-19(22-17)21-14-2-4-15(24)5-3-14/h1-6,11-12,24H,7-10H2,(H,21,22). The van der Waals surface area contributed by atoms with Crippen molar-refractivity contribution in [2.45, 2.75) is 0 Å². The van der Waals surface area contributed by atoms with Gasteiger partial charge in [0, 0.05) is 34.2 Å². The highest BCUT2D eigenvalue weighted by Crippen LogP contribution is 2.33. The van der Waals surface area contributed by atoms with Gasteiger partial charge in [-0.15, -0.1) is 11.3 Å². The fourth-order valence-electron chi connectivity index (χ4n) is 2.86. The van der Waals surface area contributed by atoms with Crippen molar-refractivity contribution in [3.63, 3.8) is 0 Å². The zero-order chi connectivity index (χ0) is 17.9. The van der Waals surface area contributed by atoms with Gasteiger partial charge in [-0.2, -0.15) is 0 Å². The maximum atomic E-state index is 9.36. The third-order valence-corrected chi connectivity index (χ3v) is 5.61. The molecule has 7 heteroatoms. The molecular formula is C19H18BrN3O2S. The number of aromatic nitrogens is 1. The van der Waals surface area contributed by atoms with Crippen LogP contribution >= 0.6 is 27.3 Å². The lowest BCUT2D eigenvalue weighted by Crippen LogP contribution is -2.36. The van der Waals surface area contributed by atoms with E-state index in [0.29, 0.717) is 0 Å². The van der Waals surface area contributed by atoms with E-state index in [9.17, 15) is 5.11 Å². The third-order valence-electron chi connectivity index (χ3n) is 4.22. The Morgan fingerprint density at radius 1 is 1.12 bits per heavy atom. The second-order valence-corrected chi connectivity index (χ2v) is 7.69. The van der Waals surface area contributed by atoms with Crippen LogP contribution in [0.3, 0.4) is 0 Å². The minimum absolute atomic E-state index is 0.251. The van der Waals surface area contributed by atoms with Gasteiger partial charge in [-0.1, -0.05) is 6.07 Å². The van der Waals surface area contributed by atoms with Crippen molar-refractivity contribution in [1.82, 2.24) is 4.98 Å². The quantitative estimate of drug-likeness (QED) is 0.577. The van der Waals surface area contributed by atoms with E-state index in [1.165, 1.54) is 5.69 Å². The van der Waals surface area contributed by atoms with Crippen LogP contribution in [0, 0.1) is 0 Å². The molecule has 1 fully saturated rings. The lowest BCUT2D eigenvalue weighted by atomic mass is 10.1. The molecule has 2 aromatic carbocycles. The van der Waals surface area contributed by atoms with Gasteiger partial charge in [-0.3, -0.25) is 0 Å². The number of nitrogens with zero attached hydrogens (tertiary/aromatic N) is 2. The summed E-state index contributed by atoms with van der Waals surface area (Å²) in [7, 11) is 0. The van der Waals surface area contributed by atoms with Crippen LogP contribution in [0.2, 0.25) is 0 Å². The highest BCUT2D eigenvalue weighted by molar-refractivity contribution is 9.10. The topological polar surface area (TPSA) is 57.6 Å². The second-order valence-electron chi connectivity index (χ2n) is 5.98. The van der Waals surface area contributed by atoms with Gasteiger partial charge in [0.25, 0.3) is 0 Å². The van der Waals surface area contributed by atoms with Gasteiger partial charge >= 0.3 is 0 Å². The zero-order valence-electron chi connectivity index (χ0n) is 14.0. The fourth-order valence-corrected chi connectivity index (χ4v) is 4.23. The number of phenols is 1. The molecule has 3 aromatic rings. The van der Waals surface area contributed by atoms with Crippen LogP contribution in [-0.4, -0.2) is 36.4 Å². The van der Waals surface area contributed by atoms with Crippen LogP contribution in [0.4, 0.5) is 16.5 Å². The van der Waals surface area contributed by atoms with Crippen LogP contribution < -0.4 is 10.2 Å². The summed E-state index contributed by atoms with van der Waals surface area (Å²) in [5.74, 6) is 0.251. The maximum absolute atomic E-state index is 9.36. The summed E-state index contributed by atoms with van der Waals surface area (Å²) >= 11 is 5.26. The first-order valence-electron chi connectivity index (χ1n) is 8.33. The van der Waals surface area contributed by atoms with Crippen LogP contribution in [0.15, 0.2) is 52.3 Å².